The zero-order valence-corrected chi connectivity index (χ0v) is 16.2. The molecule has 0 aromatic carbocycles. The maximum Gasteiger partial charge on any atom is 0.349 e. The normalized spacial score (nSPS) is 17.0. The standard InChI is InChI=1S/C20H25N3O3S/c24-18(21-14-6-2-1-3-7-14)13-27-19-16-9-4-10-17(16)23(20(25)22-19)12-15-8-5-11-26-15/h5,8,11,14H,1-4,6-7,9-10,12-13H2,(H,21,24). The molecule has 1 saturated carbocycles. The molecule has 1 N–H and O–H groups in total. The molecule has 1 fully saturated rings. The molecule has 2 aromatic rings. The summed E-state index contributed by atoms with van der Waals surface area (Å²) in [4.78, 5) is 29.2. The first-order valence-electron chi connectivity index (χ1n) is 9.78. The second-order valence-electron chi connectivity index (χ2n) is 7.33. The third-order valence-electron chi connectivity index (χ3n) is 5.41. The molecule has 144 valence electrons. The molecule has 0 atom stereocenters. The van der Waals surface area contributed by atoms with Crippen LogP contribution in [0.2, 0.25) is 0 Å². The highest BCUT2D eigenvalue weighted by Crippen LogP contribution is 2.29. The number of carbonyl (C=O) groups excluding carboxylic acids is 1. The van der Waals surface area contributed by atoms with E-state index in [0.717, 1.165) is 54.1 Å². The summed E-state index contributed by atoms with van der Waals surface area (Å²) >= 11 is 1.39. The summed E-state index contributed by atoms with van der Waals surface area (Å²) < 4.78 is 7.10. The minimum atomic E-state index is -0.262. The molecule has 4 rings (SSSR count). The van der Waals surface area contributed by atoms with Crippen LogP contribution in [0.3, 0.4) is 0 Å². The zero-order chi connectivity index (χ0) is 18.6. The topological polar surface area (TPSA) is 77.1 Å². The largest absolute Gasteiger partial charge is 0.467 e. The number of nitrogens with one attached hydrogen (secondary N) is 1. The maximum atomic E-state index is 12.6. The second kappa shape index (κ2) is 8.33. The molecule has 6 nitrogen and oxygen atoms in total. The number of amides is 1. The highest BCUT2D eigenvalue weighted by atomic mass is 32.2. The van der Waals surface area contributed by atoms with Crippen molar-refractivity contribution < 1.29 is 9.21 Å². The number of aromatic nitrogens is 2. The molecule has 27 heavy (non-hydrogen) atoms. The predicted octanol–water partition coefficient (Wildman–Crippen LogP) is 2.91. The van der Waals surface area contributed by atoms with Gasteiger partial charge in [0.25, 0.3) is 0 Å². The van der Waals surface area contributed by atoms with Crippen molar-refractivity contribution in [3.05, 3.63) is 45.9 Å². The van der Waals surface area contributed by atoms with Crippen molar-refractivity contribution in [3.8, 4) is 0 Å². The molecule has 7 heteroatoms. The fraction of sp³-hybridized carbons (Fsp3) is 0.550. The second-order valence-corrected chi connectivity index (χ2v) is 8.30. The summed E-state index contributed by atoms with van der Waals surface area (Å²) in [6.07, 6.45) is 10.2. The number of fused-ring (bicyclic) bond motifs is 1. The lowest BCUT2D eigenvalue weighted by atomic mass is 9.95. The highest BCUT2D eigenvalue weighted by Gasteiger charge is 2.23. The van der Waals surface area contributed by atoms with E-state index in [2.05, 4.69) is 10.3 Å². The van der Waals surface area contributed by atoms with Gasteiger partial charge in [-0.3, -0.25) is 9.36 Å². The van der Waals surface area contributed by atoms with Gasteiger partial charge in [-0.2, -0.15) is 4.98 Å². The van der Waals surface area contributed by atoms with Gasteiger partial charge in [0, 0.05) is 17.3 Å². The Morgan fingerprint density at radius 3 is 2.89 bits per heavy atom. The Hall–Kier alpha value is -2.02. The summed E-state index contributed by atoms with van der Waals surface area (Å²) in [5.41, 5.74) is 1.90. The van der Waals surface area contributed by atoms with Gasteiger partial charge in [-0.1, -0.05) is 31.0 Å². The van der Waals surface area contributed by atoms with E-state index in [1.807, 2.05) is 12.1 Å². The molecule has 2 aliphatic carbocycles. The van der Waals surface area contributed by atoms with Crippen molar-refractivity contribution in [2.45, 2.75) is 69.0 Å². The van der Waals surface area contributed by atoms with E-state index in [0.29, 0.717) is 18.3 Å². The average Bonchev–Trinajstić information content (AvgIpc) is 3.35. The Morgan fingerprint density at radius 2 is 2.11 bits per heavy atom. The first-order chi connectivity index (χ1) is 13.2. The predicted molar refractivity (Wildman–Crippen MR) is 104 cm³/mol. The number of hydrogen-bond acceptors (Lipinski definition) is 5. The van der Waals surface area contributed by atoms with E-state index in [1.165, 1.54) is 31.0 Å². The number of rotatable bonds is 6. The van der Waals surface area contributed by atoms with Gasteiger partial charge in [-0.25, -0.2) is 4.79 Å². The molecule has 0 aliphatic heterocycles. The van der Waals surface area contributed by atoms with E-state index >= 15 is 0 Å². The van der Waals surface area contributed by atoms with Gasteiger partial charge in [-0.15, -0.1) is 0 Å². The molecule has 0 saturated heterocycles. The molecule has 0 bridgehead atoms. The Morgan fingerprint density at radius 1 is 1.26 bits per heavy atom. The Balaban J connectivity index is 1.45. The third-order valence-corrected chi connectivity index (χ3v) is 6.42. The molecule has 1 amide bonds. The summed E-state index contributed by atoms with van der Waals surface area (Å²) in [7, 11) is 0. The molecular formula is C20H25N3O3S. The van der Waals surface area contributed by atoms with E-state index in [4.69, 9.17) is 4.42 Å². The number of carbonyl (C=O) groups is 1. The van der Waals surface area contributed by atoms with Crippen molar-refractivity contribution in [2.24, 2.45) is 0 Å². The van der Waals surface area contributed by atoms with Gasteiger partial charge in [0.2, 0.25) is 5.91 Å². The quantitative estimate of drug-likeness (QED) is 0.609. The van der Waals surface area contributed by atoms with Crippen LogP contribution >= 0.6 is 11.8 Å². The number of furan rings is 1. The van der Waals surface area contributed by atoms with Crippen LogP contribution in [0.4, 0.5) is 0 Å². The lowest BCUT2D eigenvalue weighted by molar-refractivity contribution is -0.119. The van der Waals surface area contributed by atoms with Crippen LogP contribution in [0.1, 0.15) is 55.5 Å². The van der Waals surface area contributed by atoms with Gasteiger partial charge in [0.05, 0.1) is 18.6 Å². The fourth-order valence-corrected chi connectivity index (χ4v) is 4.97. The lowest BCUT2D eigenvalue weighted by Crippen LogP contribution is -2.37. The maximum absolute atomic E-state index is 12.6. The summed E-state index contributed by atoms with van der Waals surface area (Å²) in [5, 5.41) is 3.85. The smallest absolute Gasteiger partial charge is 0.349 e. The highest BCUT2D eigenvalue weighted by molar-refractivity contribution is 7.99. The number of hydrogen-bond donors (Lipinski definition) is 1. The molecule has 0 unspecified atom stereocenters. The molecule has 2 aliphatic rings. The molecule has 0 spiro atoms. The van der Waals surface area contributed by atoms with Crippen LogP contribution in [0.5, 0.6) is 0 Å². The average molecular weight is 388 g/mol. The van der Waals surface area contributed by atoms with Crippen LogP contribution in [0, 0.1) is 0 Å². The van der Waals surface area contributed by atoms with Crippen molar-refractivity contribution in [3.63, 3.8) is 0 Å². The van der Waals surface area contributed by atoms with Crippen LogP contribution in [-0.2, 0) is 24.2 Å². The first-order valence-corrected chi connectivity index (χ1v) is 10.8. The van der Waals surface area contributed by atoms with Crippen LogP contribution < -0.4 is 11.0 Å². The lowest BCUT2D eigenvalue weighted by Gasteiger charge is -2.22. The SMILES string of the molecule is O=C(CSc1nc(=O)n(Cc2ccco2)c2c1CCC2)NC1CCCCC1. The number of thioether (sulfide) groups is 1. The fourth-order valence-electron chi connectivity index (χ4n) is 4.08. The van der Waals surface area contributed by atoms with Gasteiger partial charge < -0.3 is 9.73 Å². The summed E-state index contributed by atoms with van der Waals surface area (Å²) in [6.45, 7) is 0.411. The molecule has 0 radical (unpaired) electrons. The van der Waals surface area contributed by atoms with E-state index < -0.39 is 0 Å². The monoisotopic (exact) mass is 387 g/mol. The van der Waals surface area contributed by atoms with Crippen molar-refractivity contribution in [2.75, 3.05) is 5.75 Å². The van der Waals surface area contributed by atoms with Crippen LogP contribution in [-0.4, -0.2) is 27.3 Å². The van der Waals surface area contributed by atoms with Crippen LogP contribution in [0.15, 0.2) is 32.6 Å². The van der Waals surface area contributed by atoms with E-state index in [1.54, 1.807) is 10.8 Å². The van der Waals surface area contributed by atoms with E-state index in [9.17, 15) is 9.59 Å². The summed E-state index contributed by atoms with van der Waals surface area (Å²) in [6, 6.07) is 4.00. The Kier molecular flexibility index (Phi) is 5.66. The van der Waals surface area contributed by atoms with Crippen molar-refractivity contribution in [1.82, 2.24) is 14.9 Å². The first kappa shape index (κ1) is 18.3. The van der Waals surface area contributed by atoms with Gasteiger partial charge in [0.15, 0.2) is 0 Å². The minimum Gasteiger partial charge on any atom is -0.467 e. The van der Waals surface area contributed by atoms with Crippen molar-refractivity contribution >= 4 is 17.7 Å². The third kappa shape index (κ3) is 4.29. The minimum absolute atomic E-state index is 0.0419. The van der Waals surface area contributed by atoms with Gasteiger partial charge in [-0.05, 0) is 44.2 Å². The van der Waals surface area contributed by atoms with Gasteiger partial charge >= 0.3 is 5.69 Å². The number of nitrogens with zero attached hydrogens (tertiary/aromatic N) is 2. The molecule has 2 aromatic heterocycles. The molecule has 2 heterocycles. The van der Waals surface area contributed by atoms with Gasteiger partial charge in [0.1, 0.15) is 10.8 Å². The Bertz CT molecular complexity index is 854. The summed E-state index contributed by atoms with van der Waals surface area (Å²) in [5.74, 6) is 1.11. The molecular weight excluding hydrogens is 362 g/mol. The van der Waals surface area contributed by atoms with E-state index in [-0.39, 0.29) is 11.6 Å². The Labute approximate surface area is 162 Å². The van der Waals surface area contributed by atoms with Crippen molar-refractivity contribution in [1.29, 1.82) is 0 Å². The van der Waals surface area contributed by atoms with Crippen LogP contribution in [0.25, 0.3) is 0 Å². The zero-order valence-electron chi connectivity index (χ0n) is 15.4.